The molecule has 0 aliphatic rings. The fourth-order valence-corrected chi connectivity index (χ4v) is 1.43. The summed E-state index contributed by atoms with van der Waals surface area (Å²) in [5, 5.41) is 13.2. The molecule has 1 rings (SSSR count). The van der Waals surface area contributed by atoms with E-state index in [1.807, 2.05) is 19.2 Å². The fraction of sp³-hybridized carbons (Fsp3) is 0.538. The number of rotatable bonds is 3. The third kappa shape index (κ3) is 2.80. The van der Waals surface area contributed by atoms with Gasteiger partial charge in [-0.15, -0.1) is 0 Å². The van der Waals surface area contributed by atoms with Crippen LogP contribution in [-0.4, -0.2) is 12.2 Å². The van der Waals surface area contributed by atoms with Crippen LogP contribution in [0.25, 0.3) is 0 Å². The average Bonchev–Trinajstić information content (AvgIpc) is 2.17. The first-order chi connectivity index (χ1) is 6.77. The highest BCUT2D eigenvalue weighted by molar-refractivity contribution is 5.31. The minimum absolute atomic E-state index is 0.0682. The number of nitrogens with one attached hydrogen (secondary N) is 1. The molecular weight excluding hydrogens is 186 g/mol. The summed E-state index contributed by atoms with van der Waals surface area (Å²) in [6.07, 6.45) is 0. The highest BCUT2D eigenvalue weighted by Crippen LogP contribution is 2.25. The molecule has 0 aliphatic heterocycles. The molecule has 0 saturated carbocycles. The predicted octanol–water partition coefficient (Wildman–Crippen LogP) is 2.37. The van der Waals surface area contributed by atoms with Gasteiger partial charge in [-0.05, 0) is 45.9 Å². The van der Waals surface area contributed by atoms with Gasteiger partial charge in [-0.3, -0.25) is 0 Å². The van der Waals surface area contributed by atoms with E-state index in [1.165, 1.54) is 5.56 Å². The molecular formula is C13H21NO. The van der Waals surface area contributed by atoms with Gasteiger partial charge in [-0.2, -0.15) is 0 Å². The first-order valence-corrected chi connectivity index (χ1v) is 5.29. The molecule has 15 heavy (non-hydrogen) atoms. The van der Waals surface area contributed by atoms with E-state index in [9.17, 15) is 5.11 Å². The molecule has 0 amide bonds. The molecule has 0 radical (unpaired) electrons. The Balaban J connectivity index is 3.14. The van der Waals surface area contributed by atoms with E-state index in [1.54, 1.807) is 13.8 Å². The standard InChI is InChI=1S/C13H21NO/c1-12(2,14-5)10-7-6-8-11(9-10)13(3,4)15/h6-9,14-15H,1-5H3. The third-order valence-electron chi connectivity index (χ3n) is 2.92. The van der Waals surface area contributed by atoms with Gasteiger partial charge in [0.05, 0.1) is 5.60 Å². The van der Waals surface area contributed by atoms with E-state index in [4.69, 9.17) is 0 Å². The number of aliphatic hydroxyl groups is 1. The Morgan fingerprint density at radius 1 is 1.07 bits per heavy atom. The number of hydrogen-bond donors (Lipinski definition) is 2. The summed E-state index contributed by atoms with van der Waals surface area (Å²) in [4.78, 5) is 0. The van der Waals surface area contributed by atoms with Crippen LogP contribution in [0.5, 0.6) is 0 Å². The molecule has 0 saturated heterocycles. The van der Waals surface area contributed by atoms with Gasteiger partial charge >= 0.3 is 0 Å². The highest BCUT2D eigenvalue weighted by Gasteiger charge is 2.21. The van der Waals surface area contributed by atoms with Crippen LogP contribution >= 0.6 is 0 Å². The van der Waals surface area contributed by atoms with E-state index >= 15 is 0 Å². The van der Waals surface area contributed by atoms with Crippen LogP contribution in [0.1, 0.15) is 38.8 Å². The van der Waals surface area contributed by atoms with Crippen molar-refractivity contribution in [3.05, 3.63) is 35.4 Å². The van der Waals surface area contributed by atoms with Gasteiger partial charge in [-0.1, -0.05) is 24.3 Å². The Morgan fingerprint density at radius 3 is 2.07 bits per heavy atom. The predicted molar refractivity (Wildman–Crippen MR) is 63.8 cm³/mol. The molecule has 0 unspecified atom stereocenters. The number of benzene rings is 1. The Morgan fingerprint density at radius 2 is 1.60 bits per heavy atom. The third-order valence-corrected chi connectivity index (χ3v) is 2.92. The molecule has 0 atom stereocenters. The molecule has 0 spiro atoms. The van der Waals surface area contributed by atoms with Crippen LogP contribution in [-0.2, 0) is 11.1 Å². The quantitative estimate of drug-likeness (QED) is 0.797. The molecule has 0 aliphatic carbocycles. The van der Waals surface area contributed by atoms with E-state index in [0.29, 0.717) is 0 Å². The maximum Gasteiger partial charge on any atom is 0.0840 e. The molecule has 1 aromatic carbocycles. The van der Waals surface area contributed by atoms with Gasteiger partial charge < -0.3 is 10.4 Å². The monoisotopic (exact) mass is 207 g/mol. The van der Waals surface area contributed by atoms with Crippen LogP contribution in [0.3, 0.4) is 0 Å². The second kappa shape index (κ2) is 3.95. The molecule has 2 nitrogen and oxygen atoms in total. The fourth-order valence-electron chi connectivity index (χ4n) is 1.43. The van der Waals surface area contributed by atoms with Crippen molar-refractivity contribution in [2.24, 2.45) is 0 Å². The summed E-state index contributed by atoms with van der Waals surface area (Å²) >= 11 is 0. The molecule has 0 heterocycles. The minimum atomic E-state index is -0.778. The molecule has 0 aromatic heterocycles. The summed E-state index contributed by atoms with van der Waals surface area (Å²) in [7, 11) is 1.94. The first kappa shape index (κ1) is 12.2. The van der Waals surface area contributed by atoms with Crippen molar-refractivity contribution in [2.45, 2.75) is 38.8 Å². The van der Waals surface area contributed by atoms with Crippen LogP contribution in [0.2, 0.25) is 0 Å². The summed E-state index contributed by atoms with van der Waals surface area (Å²) in [5.74, 6) is 0. The van der Waals surface area contributed by atoms with Gasteiger partial charge in [0.25, 0.3) is 0 Å². The maximum absolute atomic E-state index is 9.93. The van der Waals surface area contributed by atoms with E-state index in [-0.39, 0.29) is 5.54 Å². The molecule has 2 heteroatoms. The van der Waals surface area contributed by atoms with Gasteiger partial charge in [0.15, 0.2) is 0 Å². The Kier molecular flexibility index (Phi) is 3.22. The highest BCUT2D eigenvalue weighted by atomic mass is 16.3. The van der Waals surface area contributed by atoms with Gasteiger partial charge in [-0.25, -0.2) is 0 Å². The van der Waals surface area contributed by atoms with Crippen molar-refractivity contribution in [1.29, 1.82) is 0 Å². The zero-order valence-corrected chi connectivity index (χ0v) is 10.3. The van der Waals surface area contributed by atoms with Crippen molar-refractivity contribution in [3.63, 3.8) is 0 Å². The zero-order chi connectivity index (χ0) is 11.7. The van der Waals surface area contributed by atoms with Crippen molar-refractivity contribution >= 4 is 0 Å². The Labute approximate surface area is 92.3 Å². The molecule has 84 valence electrons. The van der Waals surface area contributed by atoms with Crippen LogP contribution in [0, 0.1) is 0 Å². The Hall–Kier alpha value is -0.860. The zero-order valence-electron chi connectivity index (χ0n) is 10.3. The van der Waals surface area contributed by atoms with Crippen molar-refractivity contribution in [1.82, 2.24) is 5.32 Å². The van der Waals surface area contributed by atoms with Crippen LogP contribution in [0.15, 0.2) is 24.3 Å². The van der Waals surface area contributed by atoms with Crippen molar-refractivity contribution in [2.75, 3.05) is 7.05 Å². The van der Waals surface area contributed by atoms with E-state index in [2.05, 4.69) is 31.3 Å². The molecule has 2 N–H and O–H groups in total. The molecule has 1 aromatic rings. The van der Waals surface area contributed by atoms with Gasteiger partial charge in [0, 0.05) is 5.54 Å². The van der Waals surface area contributed by atoms with Crippen LogP contribution in [0.4, 0.5) is 0 Å². The largest absolute Gasteiger partial charge is 0.386 e. The summed E-state index contributed by atoms with van der Waals surface area (Å²) < 4.78 is 0. The lowest BCUT2D eigenvalue weighted by Crippen LogP contribution is -2.33. The number of hydrogen-bond acceptors (Lipinski definition) is 2. The lowest BCUT2D eigenvalue weighted by molar-refractivity contribution is 0.0784. The van der Waals surface area contributed by atoms with E-state index in [0.717, 1.165) is 5.56 Å². The average molecular weight is 207 g/mol. The maximum atomic E-state index is 9.93. The summed E-state index contributed by atoms with van der Waals surface area (Å²) in [5.41, 5.74) is 1.29. The van der Waals surface area contributed by atoms with Gasteiger partial charge in [0.2, 0.25) is 0 Å². The lowest BCUT2D eigenvalue weighted by atomic mass is 9.89. The van der Waals surface area contributed by atoms with Crippen molar-refractivity contribution < 1.29 is 5.11 Å². The Bertz CT molecular complexity index is 337. The normalized spacial score (nSPS) is 12.9. The minimum Gasteiger partial charge on any atom is -0.386 e. The van der Waals surface area contributed by atoms with Crippen molar-refractivity contribution in [3.8, 4) is 0 Å². The van der Waals surface area contributed by atoms with Crippen LogP contribution < -0.4 is 5.32 Å². The van der Waals surface area contributed by atoms with E-state index < -0.39 is 5.60 Å². The second-order valence-corrected chi connectivity index (χ2v) is 5.01. The SMILES string of the molecule is CNC(C)(C)c1cccc(C(C)(C)O)c1. The molecule has 0 fully saturated rings. The summed E-state index contributed by atoms with van der Waals surface area (Å²) in [6.45, 7) is 7.85. The topological polar surface area (TPSA) is 32.3 Å². The lowest BCUT2D eigenvalue weighted by Gasteiger charge is -2.27. The summed E-state index contributed by atoms with van der Waals surface area (Å²) in [6, 6.07) is 8.07. The smallest absolute Gasteiger partial charge is 0.0840 e. The second-order valence-electron chi connectivity index (χ2n) is 5.01. The van der Waals surface area contributed by atoms with Gasteiger partial charge in [0.1, 0.15) is 0 Å². The molecule has 0 bridgehead atoms. The first-order valence-electron chi connectivity index (χ1n) is 5.29.